The second kappa shape index (κ2) is 5.27. The van der Waals surface area contributed by atoms with Gasteiger partial charge in [-0.05, 0) is 17.7 Å². The number of aromatic hydroxyl groups is 1. The number of pyridine rings is 1. The van der Waals surface area contributed by atoms with Crippen LogP contribution >= 0.6 is 0 Å². The van der Waals surface area contributed by atoms with Gasteiger partial charge in [0.05, 0.1) is 7.11 Å². The van der Waals surface area contributed by atoms with Crippen molar-refractivity contribution in [2.24, 2.45) is 0 Å². The van der Waals surface area contributed by atoms with Crippen LogP contribution < -0.4 is 16.0 Å². The van der Waals surface area contributed by atoms with Crippen molar-refractivity contribution in [1.82, 2.24) is 4.98 Å². The third-order valence-corrected chi connectivity index (χ3v) is 2.94. The minimum absolute atomic E-state index is 0.0149. The first-order valence-electron chi connectivity index (χ1n) is 5.76. The number of aromatic amines is 1. The number of methoxy groups -OCH3 is 1. The summed E-state index contributed by atoms with van der Waals surface area (Å²) in [7, 11) is 1.36. The van der Waals surface area contributed by atoms with Crippen LogP contribution in [0, 0.1) is 22.7 Å². The van der Waals surface area contributed by atoms with E-state index < -0.39 is 5.56 Å². The van der Waals surface area contributed by atoms with Crippen LogP contribution in [0.3, 0.4) is 0 Å². The number of rotatable bonds is 2. The first-order valence-corrected chi connectivity index (χ1v) is 5.76. The summed E-state index contributed by atoms with van der Waals surface area (Å²) in [5.74, 6) is -0.0706. The van der Waals surface area contributed by atoms with Crippen LogP contribution in [0.1, 0.15) is 11.1 Å². The molecule has 7 heteroatoms. The fourth-order valence-corrected chi connectivity index (χ4v) is 1.97. The van der Waals surface area contributed by atoms with E-state index in [0.29, 0.717) is 5.56 Å². The number of hydrogen-bond acceptors (Lipinski definition) is 6. The lowest BCUT2D eigenvalue weighted by atomic mass is 9.96. The Morgan fingerprint density at radius 3 is 2.52 bits per heavy atom. The monoisotopic (exact) mass is 282 g/mol. The highest BCUT2D eigenvalue weighted by Crippen LogP contribution is 2.34. The minimum atomic E-state index is -0.684. The molecule has 0 atom stereocenters. The average Bonchev–Trinajstić information content (AvgIpc) is 2.47. The van der Waals surface area contributed by atoms with Gasteiger partial charge in [0.2, 0.25) is 0 Å². The topological polar surface area (TPSA) is 136 Å². The number of nitrogen functional groups attached to an aromatic ring is 1. The highest BCUT2D eigenvalue weighted by molar-refractivity contribution is 5.81. The quantitative estimate of drug-likeness (QED) is 0.754. The van der Waals surface area contributed by atoms with Crippen molar-refractivity contribution in [2.45, 2.75) is 0 Å². The Morgan fingerprint density at radius 2 is 1.95 bits per heavy atom. The van der Waals surface area contributed by atoms with Gasteiger partial charge in [-0.25, -0.2) is 0 Å². The van der Waals surface area contributed by atoms with Crippen LogP contribution in [0.4, 0.5) is 5.82 Å². The smallest absolute Gasteiger partial charge is 0.268 e. The van der Waals surface area contributed by atoms with Crippen molar-refractivity contribution < 1.29 is 9.84 Å². The van der Waals surface area contributed by atoms with E-state index >= 15 is 0 Å². The molecule has 0 saturated heterocycles. The summed E-state index contributed by atoms with van der Waals surface area (Å²) >= 11 is 0. The molecule has 0 aliphatic heterocycles. The summed E-state index contributed by atoms with van der Waals surface area (Å²) in [6.07, 6.45) is 0. The molecule has 1 aromatic carbocycles. The molecule has 2 rings (SSSR count). The molecule has 2 aromatic rings. The van der Waals surface area contributed by atoms with Gasteiger partial charge in [0.25, 0.3) is 5.56 Å². The molecule has 1 aromatic heterocycles. The second-order valence-electron chi connectivity index (χ2n) is 4.10. The summed E-state index contributed by atoms with van der Waals surface area (Å²) in [6, 6.07) is 7.86. The maximum Gasteiger partial charge on any atom is 0.268 e. The summed E-state index contributed by atoms with van der Waals surface area (Å²) in [4.78, 5) is 14.1. The van der Waals surface area contributed by atoms with Gasteiger partial charge < -0.3 is 20.6 Å². The highest BCUT2D eigenvalue weighted by atomic mass is 16.5. The molecule has 0 unspecified atom stereocenters. The molecule has 0 bridgehead atoms. The molecule has 0 aliphatic carbocycles. The van der Waals surface area contributed by atoms with Crippen LogP contribution in [0.2, 0.25) is 0 Å². The maximum atomic E-state index is 11.8. The van der Waals surface area contributed by atoms with Crippen LogP contribution in [-0.2, 0) is 0 Å². The maximum absolute atomic E-state index is 11.8. The molecular formula is C14H10N4O3. The number of nitriles is 2. The van der Waals surface area contributed by atoms with Crippen molar-refractivity contribution >= 4 is 5.82 Å². The van der Waals surface area contributed by atoms with Crippen LogP contribution in [0.5, 0.6) is 11.5 Å². The van der Waals surface area contributed by atoms with E-state index in [9.17, 15) is 15.2 Å². The number of ether oxygens (including phenoxy) is 1. The summed E-state index contributed by atoms with van der Waals surface area (Å²) in [5, 5.41) is 28.0. The number of nitrogens with two attached hydrogens (primary N) is 1. The van der Waals surface area contributed by atoms with Crippen molar-refractivity contribution in [3.05, 3.63) is 39.7 Å². The number of nitrogens with zero attached hydrogens (tertiary/aromatic N) is 2. The highest BCUT2D eigenvalue weighted by Gasteiger charge is 2.19. The van der Waals surface area contributed by atoms with Gasteiger partial charge in [0.1, 0.15) is 29.1 Å². The SMILES string of the molecule is COc1cc(-c2c(C#N)c(N)[nH]c(=O)c2C#N)ccc1O. The van der Waals surface area contributed by atoms with Crippen LogP contribution in [0.25, 0.3) is 11.1 Å². The Hall–Kier alpha value is -3.45. The average molecular weight is 282 g/mol. The molecule has 0 amide bonds. The fourth-order valence-electron chi connectivity index (χ4n) is 1.97. The van der Waals surface area contributed by atoms with E-state index in [1.807, 2.05) is 6.07 Å². The largest absolute Gasteiger partial charge is 0.504 e. The lowest BCUT2D eigenvalue weighted by Crippen LogP contribution is -2.16. The Kier molecular flexibility index (Phi) is 3.51. The third-order valence-electron chi connectivity index (χ3n) is 2.94. The predicted octanol–water partition coefficient (Wildman–Crippen LogP) is 1.08. The van der Waals surface area contributed by atoms with Crippen molar-refractivity contribution in [3.8, 4) is 34.8 Å². The first kappa shape index (κ1) is 14.0. The molecule has 0 spiro atoms. The Bertz CT molecular complexity index is 856. The first-order chi connectivity index (χ1) is 10.0. The van der Waals surface area contributed by atoms with Gasteiger partial charge in [-0.3, -0.25) is 4.79 Å². The van der Waals surface area contributed by atoms with Gasteiger partial charge >= 0.3 is 0 Å². The van der Waals surface area contributed by atoms with E-state index in [2.05, 4.69) is 4.98 Å². The fraction of sp³-hybridized carbons (Fsp3) is 0.0714. The van der Waals surface area contributed by atoms with E-state index in [0.717, 1.165) is 0 Å². The predicted molar refractivity (Wildman–Crippen MR) is 74.6 cm³/mol. The molecule has 4 N–H and O–H groups in total. The zero-order valence-electron chi connectivity index (χ0n) is 11.0. The van der Waals surface area contributed by atoms with Crippen LogP contribution in [0.15, 0.2) is 23.0 Å². The molecule has 21 heavy (non-hydrogen) atoms. The van der Waals surface area contributed by atoms with E-state index in [4.69, 9.17) is 15.7 Å². The Labute approximate surface area is 119 Å². The van der Waals surface area contributed by atoms with Gasteiger partial charge in [-0.1, -0.05) is 6.07 Å². The summed E-state index contributed by atoms with van der Waals surface area (Å²) in [6.45, 7) is 0. The molecule has 7 nitrogen and oxygen atoms in total. The molecule has 0 saturated carbocycles. The molecule has 1 heterocycles. The van der Waals surface area contributed by atoms with E-state index in [-0.39, 0.29) is 34.0 Å². The number of aromatic nitrogens is 1. The molecule has 104 valence electrons. The zero-order valence-corrected chi connectivity index (χ0v) is 11.0. The lowest BCUT2D eigenvalue weighted by Gasteiger charge is -2.10. The third kappa shape index (κ3) is 2.24. The number of H-pyrrole nitrogens is 1. The van der Waals surface area contributed by atoms with Crippen molar-refractivity contribution in [1.29, 1.82) is 10.5 Å². The van der Waals surface area contributed by atoms with Gasteiger partial charge in [-0.2, -0.15) is 10.5 Å². The van der Waals surface area contributed by atoms with Gasteiger partial charge in [-0.15, -0.1) is 0 Å². The van der Waals surface area contributed by atoms with Crippen molar-refractivity contribution in [3.63, 3.8) is 0 Å². The van der Waals surface area contributed by atoms with Crippen LogP contribution in [-0.4, -0.2) is 17.2 Å². The zero-order chi connectivity index (χ0) is 15.6. The summed E-state index contributed by atoms with van der Waals surface area (Å²) in [5.41, 5.74) is 5.18. The summed E-state index contributed by atoms with van der Waals surface area (Å²) < 4.78 is 4.98. The normalized spacial score (nSPS) is 9.67. The number of benzene rings is 1. The Morgan fingerprint density at radius 1 is 1.29 bits per heavy atom. The minimum Gasteiger partial charge on any atom is -0.504 e. The second-order valence-corrected chi connectivity index (χ2v) is 4.10. The van der Waals surface area contributed by atoms with E-state index in [1.165, 1.54) is 25.3 Å². The van der Waals surface area contributed by atoms with E-state index in [1.54, 1.807) is 6.07 Å². The van der Waals surface area contributed by atoms with Gasteiger partial charge in [0.15, 0.2) is 11.5 Å². The molecule has 0 aliphatic rings. The number of anilines is 1. The Balaban J connectivity index is 2.89. The molecule has 0 fully saturated rings. The number of hydrogen-bond donors (Lipinski definition) is 3. The number of phenolic OH excluding ortho intramolecular Hbond substituents is 1. The van der Waals surface area contributed by atoms with Gasteiger partial charge in [0, 0.05) is 5.56 Å². The number of phenols is 1. The standard InChI is InChI=1S/C14H10N4O3/c1-21-11-4-7(2-3-10(11)19)12-8(5-15)13(17)18-14(20)9(12)6-16/h2-4,19H,1H3,(H3,17,18,20). The van der Waals surface area contributed by atoms with Crippen molar-refractivity contribution in [2.75, 3.05) is 12.8 Å². The lowest BCUT2D eigenvalue weighted by molar-refractivity contribution is 0.373. The molecule has 0 radical (unpaired) electrons. The molecular weight excluding hydrogens is 272 g/mol. The number of nitrogens with one attached hydrogen (secondary N) is 1.